The molecule has 1 aromatic carbocycles. The molecule has 1 unspecified atom stereocenters. The van der Waals surface area contributed by atoms with Crippen LogP contribution in [0.3, 0.4) is 0 Å². The van der Waals surface area contributed by atoms with Crippen molar-refractivity contribution < 1.29 is 35.9 Å². The number of nitrogens with zero attached hydrogens (tertiary/aromatic N) is 3. The molecule has 0 N–H and O–H groups in total. The lowest BCUT2D eigenvalue weighted by atomic mass is 9.95. The van der Waals surface area contributed by atoms with Crippen LogP contribution in [0.25, 0.3) is 11.3 Å². The smallest absolute Gasteiger partial charge is 0.417 e. The van der Waals surface area contributed by atoms with Gasteiger partial charge in [0.2, 0.25) is 0 Å². The Labute approximate surface area is 226 Å². The van der Waals surface area contributed by atoms with Gasteiger partial charge >= 0.3 is 18.3 Å². The molecular formula is C28H37F6N3O2. The van der Waals surface area contributed by atoms with E-state index in [4.69, 9.17) is 4.74 Å². The molecule has 0 aliphatic rings. The lowest BCUT2D eigenvalue weighted by molar-refractivity contribution is -0.150. The molecule has 0 saturated heterocycles. The van der Waals surface area contributed by atoms with Crippen molar-refractivity contribution in [1.82, 2.24) is 14.8 Å². The van der Waals surface area contributed by atoms with E-state index in [0.717, 1.165) is 57.1 Å². The molecule has 1 atom stereocenters. The van der Waals surface area contributed by atoms with E-state index in [9.17, 15) is 31.1 Å². The van der Waals surface area contributed by atoms with Gasteiger partial charge in [-0.1, -0.05) is 32.8 Å². The van der Waals surface area contributed by atoms with Gasteiger partial charge in [0.1, 0.15) is 6.10 Å². The van der Waals surface area contributed by atoms with E-state index in [1.54, 1.807) is 19.0 Å². The van der Waals surface area contributed by atoms with Crippen LogP contribution in [0.2, 0.25) is 0 Å². The van der Waals surface area contributed by atoms with Gasteiger partial charge in [-0.05, 0) is 69.9 Å². The van der Waals surface area contributed by atoms with Crippen LogP contribution >= 0.6 is 0 Å². The maximum atomic E-state index is 13.8. The van der Waals surface area contributed by atoms with E-state index in [1.807, 2.05) is 0 Å². The molecule has 0 spiro atoms. The SMILES string of the molecule is CCCCN(CCCC)CCC(OC(=O)CN(C)C)c1ccnc(-c2c(C(F)(F)F)cccc2C(F)(F)F)c1. The fourth-order valence-corrected chi connectivity index (χ4v) is 4.23. The molecule has 0 aliphatic carbocycles. The van der Waals surface area contributed by atoms with Crippen molar-refractivity contribution in [3.05, 3.63) is 53.2 Å². The summed E-state index contributed by atoms with van der Waals surface area (Å²) in [4.78, 5) is 20.3. The Hall–Kier alpha value is -2.66. The number of carbonyl (C=O) groups excluding carboxylic acids is 1. The van der Waals surface area contributed by atoms with E-state index in [-0.39, 0.29) is 12.1 Å². The number of hydrogen-bond acceptors (Lipinski definition) is 5. The Balaban J connectivity index is 2.53. The van der Waals surface area contributed by atoms with Gasteiger partial charge in [-0.15, -0.1) is 0 Å². The summed E-state index contributed by atoms with van der Waals surface area (Å²) in [6, 6.07) is 4.56. The molecule has 2 rings (SSSR count). The third-order valence-corrected chi connectivity index (χ3v) is 6.17. The normalized spacial score (nSPS) is 13.2. The van der Waals surface area contributed by atoms with Gasteiger partial charge in [0, 0.05) is 24.7 Å². The first-order chi connectivity index (χ1) is 18.3. The van der Waals surface area contributed by atoms with Crippen molar-refractivity contribution in [3.8, 4) is 11.3 Å². The van der Waals surface area contributed by atoms with Crippen molar-refractivity contribution in [2.75, 3.05) is 40.3 Å². The number of esters is 1. The molecular weight excluding hydrogens is 524 g/mol. The highest BCUT2D eigenvalue weighted by atomic mass is 19.4. The van der Waals surface area contributed by atoms with Gasteiger partial charge < -0.3 is 9.64 Å². The van der Waals surface area contributed by atoms with E-state index < -0.39 is 46.8 Å². The second-order valence-electron chi connectivity index (χ2n) is 9.75. The number of aromatic nitrogens is 1. The Morgan fingerprint density at radius 3 is 1.97 bits per heavy atom. The Morgan fingerprint density at radius 2 is 1.49 bits per heavy atom. The van der Waals surface area contributed by atoms with Gasteiger partial charge in [-0.25, -0.2) is 0 Å². The number of unbranched alkanes of at least 4 members (excludes halogenated alkanes) is 2. The molecule has 39 heavy (non-hydrogen) atoms. The molecule has 0 amide bonds. The summed E-state index contributed by atoms with van der Waals surface area (Å²) in [5.41, 5.74) is -4.13. The summed E-state index contributed by atoms with van der Waals surface area (Å²) in [7, 11) is 3.37. The molecule has 1 aromatic heterocycles. The van der Waals surface area contributed by atoms with E-state index in [1.165, 1.54) is 6.07 Å². The zero-order valence-corrected chi connectivity index (χ0v) is 22.8. The van der Waals surface area contributed by atoms with E-state index in [2.05, 4.69) is 23.7 Å². The van der Waals surface area contributed by atoms with Gasteiger partial charge in [-0.2, -0.15) is 26.3 Å². The first-order valence-corrected chi connectivity index (χ1v) is 13.1. The van der Waals surface area contributed by atoms with Crippen LogP contribution in [-0.2, 0) is 21.9 Å². The summed E-state index contributed by atoms with van der Waals surface area (Å²) in [6.07, 6.45) is -5.53. The van der Waals surface area contributed by atoms with Crippen molar-refractivity contribution in [2.24, 2.45) is 0 Å². The number of rotatable bonds is 14. The predicted octanol–water partition coefficient (Wildman–Crippen LogP) is 7.22. The average Bonchev–Trinajstić information content (AvgIpc) is 2.85. The molecule has 5 nitrogen and oxygen atoms in total. The van der Waals surface area contributed by atoms with E-state index in [0.29, 0.717) is 25.1 Å². The minimum absolute atomic E-state index is 0.0288. The highest BCUT2D eigenvalue weighted by molar-refractivity contribution is 5.72. The third kappa shape index (κ3) is 10.1. The number of benzene rings is 1. The molecule has 218 valence electrons. The zero-order valence-electron chi connectivity index (χ0n) is 22.8. The first kappa shape index (κ1) is 32.6. The molecule has 0 fully saturated rings. The number of carbonyl (C=O) groups is 1. The van der Waals surface area contributed by atoms with Crippen molar-refractivity contribution in [1.29, 1.82) is 0 Å². The Kier molecular flexibility index (Phi) is 12.2. The van der Waals surface area contributed by atoms with Gasteiger partial charge in [0.15, 0.2) is 0 Å². The second-order valence-corrected chi connectivity index (χ2v) is 9.75. The van der Waals surface area contributed by atoms with Gasteiger partial charge in [-0.3, -0.25) is 14.7 Å². The quantitative estimate of drug-likeness (QED) is 0.180. The maximum absolute atomic E-state index is 13.8. The minimum Gasteiger partial charge on any atom is -0.456 e. The highest BCUT2D eigenvalue weighted by Crippen LogP contribution is 2.44. The number of hydrogen-bond donors (Lipinski definition) is 0. The monoisotopic (exact) mass is 561 g/mol. The molecule has 1 heterocycles. The number of likely N-dealkylation sites (N-methyl/N-ethyl adjacent to an activating group) is 1. The minimum atomic E-state index is -5.04. The summed E-state index contributed by atoms with van der Waals surface area (Å²) >= 11 is 0. The van der Waals surface area contributed by atoms with Crippen LogP contribution in [0.15, 0.2) is 36.5 Å². The van der Waals surface area contributed by atoms with Gasteiger partial charge in [0.05, 0.1) is 23.4 Å². The molecule has 2 aromatic rings. The topological polar surface area (TPSA) is 45.7 Å². The molecule has 0 aliphatic heterocycles. The van der Waals surface area contributed by atoms with Crippen molar-refractivity contribution >= 4 is 5.97 Å². The van der Waals surface area contributed by atoms with Crippen molar-refractivity contribution in [3.63, 3.8) is 0 Å². The van der Waals surface area contributed by atoms with Crippen LogP contribution in [0.5, 0.6) is 0 Å². The molecule has 11 heteroatoms. The van der Waals surface area contributed by atoms with Gasteiger partial charge in [0.25, 0.3) is 0 Å². The molecule has 0 radical (unpaired) electrons. The fourth-order valence-electron chi connectivity index (χ4n) is 4.23. The number of halogens is 6. The highest BCUT2D eigenvalue weighted by Gasteiger charge is 2.41. The maximum Gasteiger partial charge on any atom is 0.417 e. The average molecular weight is 562 g/mol. The van der Waals surface area contributed by atoms with Crippen LogP contribution in [0, 0.1) is 0 Å². The lowest BCUT2D eigenvalue weighted by Crippen LogP contribution is -2.30. The third-order valence-electron chi connectivity index (χ3n) is 6.17. The first-order valence-electron chi connectivity index (χ1n) is 13.1. The van der Waals surface area contributed by atoms with Crippen LogP contribution in [0.4, 0.5) is 26.3 Å². The standard InChI is InChI=1S/C28H37F6N3O2/c1-5-7-15-37(16-8-6-2)17-13-24(39-25(38)19-36(3)4)20-12-14-35-23(18-20)26-21(27(29,30)31)10-9-11-22(26)28(32,33)34/h9-12,14,18,24H,5-8,13,15-17,19H2,1-4H3. The Morgan fingerprint density at radius 1 is 0.923 bits per heavy atom. The fraction of sp³-hybridized carbons (Fsp3) is 0.571. The van der Waals surface area contributed by atoms with Crippen LogP contribution in [-0.4, -0.2) is 61.0 Å². The molecule has 0 saturated carbocycles. The summed E-state index contributed by atoms with van der Waals surface area (Å²) in [5.74, 6) is -0.552. The number of alkyl halides is 6. The Bertz CT molecular complexity index is 1020. The van der Waals surface area contributed by atoms with Crippen LogP contribution in [0.1, 0.15) is 68.7 Å². The number of ether oxygens (including phenoxy) is 1. The lowest BCUT2D eigenvalue weighted by Gasteiger charge is -2.26. The van der Waals surface area contributed by atoms with E-state index >= 15 is 0 Å². The van der Waals surface area contributed by atoms with Crippen molar-refractivity contribution in [2.45, 2.75) is 64.4 Å². The second kappa shape index (κ2) is 14.6. The molecule has 0 bridgehead atoms. The number of pyridine rings is 1. The summed E-state index contributed by atoms with van der Waals surface area (Å²) < 4.78 is 88.5. The zero-order chi connectivity index (χ0) is 29.2. The largest absolute Gasteiger partial charge is 0.456 e. The predicted molar refractivity (Wildman–Crippen MR) is 138 cm³/mol. The summed E-state index contributed by atoms with van der Waals surface area (Å²) in [5, 5.41) is 0. The summed E-state index contributed by atoms with van der Waals surface area (Å²) in [6.45, 7) is 6.35. The van der Waals surface area contributed by atoms with Crippen LogP contribution < -0.4 is 0 Å².